The third-order valence-electron chi connectivity index (χ3n) is 4.05. The number of carbonyl (C=O) groups is 2. The van der Waals surface area contributed by atoms with Gasteiger partial charge in [-0.2, -0.15) is 0 Å². The van der Waals surface area contributed by atoms with E-state index in [1.807, 2.05) is 44.2 Å². The highest BCUT2D eigenvalue weighted by atomic mass is 16.5. The molecule has 0 aromatic heterocycles. The van der Waals surface area contributed by atoms with Gasteiger partial charge in [0.15, 0.2) is 17.6 Å². The lowest BCUT2D eigenvalue weighted by Crippen LogP contribution is -2.37. The number of amides is 1. The van der Waals surface area contributed by atoms with Gasteiger partial charge in [0.05, 0.1) is 18.8 Å². The zero-order chi connectivity index (χ0) is 20.5. The molecular formula is C22H27NO5. The van der Waals surface area contributed by atoms with E-state index in [0.717, 1.165) is 5.56 Å². The number of esters is 1. The van der Waals surface area contributed by atoms with Gasteiger partial charge in [0.25, 0.3) is 5.91 Å². The van der Waals surface area contributed by atoms with E-state index in [2.05, 4.69) is 0 Å². The van der Waals surface area contributed by atoms with Gasteiger partial charge in [-0.05, 0) is 44.5 Å². The van der Waals surface area contributed by atoms with Crippen molar-refractivity contribution in [3.05, 3.63) is 59.7 Å². The van der Waals surface area contributed by atoms with Crippen molar-refractivity contribution in [1.82, 2.24) is 4.90 Å². The summed E-state index contributed by atoms with van der Waals surface area (Å²) in [5.41, 5.74) is 1.31. The van der Waals surface area contributed by atoms with Crippen LogP contribution in [-0.2, 0) is 16.1 Å². The fourth-order valence-electron chi connectivity index (χ4n) is 2.70. The smallest absolute Gasteiger partial charge is 0.339 e. The van der Waals surface area contributed by atoms with Crippen molar-refractivity contribution in [2.75, 3.05) is 20.3 Å². The average Bonchev–Trinajstić information content (AvgIpc) is 2.69. The second kappa shape index (κ2) is 10.3. The largest absolute Gasteiger partial charge is 0.490 e. The fraction of sp³-hybridized carbons (Fsp3) is 0.364. The molecule has 0 fully saturated rings. The summed E-state index contributed by atoms with van der Waals surface area (Å²) in [5, 5.41) is 0. The van der Waals surface area contributed by atoms with Gasteiger partial charge in [-0.25, -0.2) is 4.79 Å². The predicted octanol–water partition coefficient (Wildman–Crippen LogP) is 3.69. The Hall–Kier alpha value is -3.02. The third-order valence-corrected chi connectivity index (χ3v) is 4.05. The summed E-state index contributed by atoms with van der Waals surface area (Å²) < 4.78 is 16.4. The van der Waals surface area contributed by atoms with E-state index in [9.17, 15) is 9.59 Å². The van der Waals surface area contributed by atoms with Crippen LogP contribution in [-0.4, -0.2) is 43.1 Å². The Kier molecular flexibility index (Phi) is 7.87. The van der Waals surface area contributed by atoms with Gasteiger partial charge < -0.3 is 19.1 Å². The first-order valence-corrected chi connectivity index (χ1v) is 9.35. The maximum atomic E-state index is 12.5. The van der Waals surface area contributed by atoms with Crippen molar-refractivity contribution in [2.45, 2.75) is 33.4 Å². The summed E-state index contributed by atoms with van der Waals surface area (Å²) in [6.45, 7) is 6.67. The summed E-state index contributed by atoms with van der Waals surface area (Å²) in [6.07, 6.45) is -0.900. The number of likely N-dealkylation sites (N-methyl/N-ethyl adjacent to an activating group) is 1. The zero-order valence-corrected chi connectivity index (χ0v) is 16.8. The molecule has 6 nitrogen and oxygen atoms in total. The molecule has 0 saturated heterocycles. The van der Waals surface area contributed by atoms with Crippen LogP contribution in [0.15, 0.2) is 48.5 Å². The van der Waals surface area contributed by atoms with Crippen LogP contribution in [0.4, 0.5) is 0 Å². The molecule has 2 aromatic rings. The number of hydrogen-bond acceptors (Lipinski definition) is 5. The Morgan fingerprint density at radius 3 is 2.25 bits per heavy atom. The molecule has 0 bridgehead atoms. The van der Waals surface area contributed by atoms with Crippen molar-refractivity contribution in [1.29, 1.82) is 0 Å². The van der Waals surface area contributed by atoms with Crippen LogP contribution in [0.3, 0.4) is 0 Å². The predicted molar refractivity (Wildman–Crippen MR) is 107 cm³/mol. The molecular weight excluding hydrogens is 358 g/mol. The Morgan fingerprint density at radius 1 is 0.964 bits per heavy atom. The summed E-state index contributed by atoms with van der Waals surface area (Å²) in [4.78, 5) is 26.5. The Labute approximate surface area is 166 Å². The van der Waals surface area contributed by atoms with Gasteiger partial charge in [-0.1, -0.05) is 30.3 Å². The van der Waals surface area contributed by atoms with E-state index < -0.39 is 12.1 Å². The number of carbonyl (C=O) groups excluding carboxylic acids is 2. The number of benzene rings is 2. The summed E-state index contributed by atoms with van der Waals surface area (Å²) >= 11 is 0. The van der Waals surface area contributed by atoms with Crippen LogP contribution in [0.1, 0.15) is 36.7 Å². The molecule has 2 rings (SSSR count). The summed E-state index contributed by atoms with van der Waals surface area (Å²) in [5.74, 6) is 0.178. The molecule has 28 heavy (non-hydrogen) atoms. The van der Waals surface area contributed by atoms with Crippen LogP contribution in [0.5, 0.6) is 11.5 Å². The molecule has 0 radical (unpaired) electrons. The Morgan fingerprint density at radius 2 is 1.61 bits per heavy atom. The normalized spacial score (nSPS) is 11.4. The molecule has 6 heteroatoms. The lowest BCUT2D eigenvalue weighted by Gasteiger charge is -2.21. The number of hydrogen-bond donors (Lipinski definition) is 0. The SMILES string of the molecule is CCOc1ccc(C(=O)OC(C)C(=O)N(C)Cc2ccccc2)cc1OCC. The first-order chi connectivity index (χ1) is 13.5. The highest BCUT2D eigenvalue weighted by Gasteiger charge is 2.23. The minimum atomic E-state index is -0.900. The molecule has 2 aromatic carbocycles. The minimum Gasteiger partial charge on any atom is -0.490 e. The second-order valence-electron chi connectivity index (χ2n) is 6.25. The minimum absolute atomic E-state index is 0.270. The van der Waals surface area contributed by atoms with Crippen molar-refractivity contribution in [3.63, 3.8) is 0 Å². The van der Waals surface area contributed by atoms with Crippen molar-refractivity contribution >= 4 is 11.9 Å². The van der Waals surface area contributed by atoms with Crippen LogP contribution < -0.4 is 9.47 Å². The van der Waals surface area contributed by atoms with Crippen LogP contribution >= 0.6 is 0 Å². The molecule has 0 aliphatic carbocycles. The molecule has 0 spiro atoms. The van der Waals surface area contributed by atoms with Crippen molar-refractivity contribution in [2.24, 2.45) is 0 Å². The first kappa shape index (κ1) is 21.3. The third kappa shape index (κ3) is 5.74. The van der Waals surface area contributed by atoms with Gasteiger partial charge in [-0.3, -0.25) is 4.79 Å². The van der Waals surface area contributed by atoms with E-state index in [4.69, 9.17) is 14.2 Å². The number of rotatable bonds is 9. The molecule has 1 atom stereocenters. The van der Waals surface area contributed by atoms with Gasteiger partial charge in [0.2, 0.25) is 0 Å². The standard InChI is InChI=1S/C22H27NO5/c1-5-26-19-13-12-18(14-20(19)27-6-2)22(25)28-16(3)21(24)23(4)15-17-10-8-7-9-11-17/h7-14,16H,5-6,15H2,1-4H3. The first-order valence-electron chi connectivity index (χ1n) is 9.35. The Bertz CT molecular complexity index is 791. The van der Waals surface area contributed by atoms with Gasteiger partial charge in [0, 0.05) is 13.6 Å². The van der Waals surface area contributed by atoms with Gasteiger partial charge in [-0.15, -0.1) is 0 Å². The molecule has 1 amide bonds. The van der Waals surface area contributed by atoms with Crippen molar-refractivity contribution < 1.29 is 23.8 Å². The van der Waals surface area contributed by atoms with Gasteiger partial charge >= 0.3 is 5.97 Å². The number of nitrogens with zero attached hydrogens (tertiary/aromatic N) is 1. The summed E-state index contributed by atoms with van der Waals surface area (Å²) in [7, 11) is 1.68. The quantitative estimate of drug-likeness (QED) is 0.616. The fourth-order valence-corrected chi connectivity index (χ4v) is 2.70. The average molecular weight is 385 g/mol. The maximum Gasteiger partial charge on any atom is 0.339 e. The highest BCUT2D eigenvalue weighted by Crippen LogP contribution is 2.29. The molecule has 1 unspecified atom stereocenters. The van der Waals surface area contributed by atoms with E-state index in [0.29, 0.717) is 36.8 Å². The van der Waals surface area contributed by atoms with E-state index >= 15 is 0 Å². The van der Waals surface area contributed by atoms with E-state index in [-0.39, 0.29) is 5.91 Å². The van der Waals surface area contributed by atoms with Gasteiger partial charge in [0.1, 0.15) is 0 Å². The van der Waals surface area contributed by atoms with E-state index in [1.54, 1.807) is 32.2 Å². The summed E-state index contributed by atoms with van der Waals surface area (Å²) in [6, 6.07) is 14.5. The molecule has 0 aliphatic heterocycles. The number of ether oxygens (including phenoxy) is 3. The Balaban J connectivity index is 2.02. The van der Waals surface area contributed by atoms with Crippen molar-refractivity contribution in [3.8, 4) is 11.5 Å². The molecule has 0 N–H and O–H groups in total. The highest BCUT2D eigenvalue weighted by molar-refractivity contribution is 5.92. The lowest BCUT2D eigenvalue weighted by atomic mass is 10.2. The van der Waals surface area contributed by atoms with Crippen LogP contribution in [0, 0.1) is 0 Å². The molecule has 0 heterocycles. The molecule has 0 aliphatic rings. The van der Waals surface area contributed by atoms with Crippen LogP contribution in [0.25, 0.3) is 0 Å². The maximum absolute atomic E-state index is 12.5. The van der Waals surface area contributed by atoms with E-state index in [1.165, 1.54) is 4.90 Å². The monoisotopic (exact) mass is 385 g/mol. The topological polar surface area (TPSA) is 65.1 Å². The zero-order valence-electron chi connectivity index (χ0n) is 16.8. The lowest BCUT2D eigenvalue weighted by molar-refractivity contribution is -0.139. The molecule has 150 valence electrons. The molecule has 0 saturated carbocycles. The van der Waals surface area contributed by atoms with Crippen LogP contribution in [0.2, 0.25) is 0 Å². The second-order valence-corrected chi connectivity index (χ2v) is 6.25.